The first-order valence-electron chi connectivity index (χ1n) is 6.32. The normalized spacial score (nSPS) is 48.2. The standard InChI is InChI=1S/C13H22N2/c1-13(2,3)12(14)15-11-9-7-4-5-8(6-7)10(9)11/h7-11H,4-6H2,1-3H3,(H2,14,15). The number of rotatable bonds is 1. The molecule has 0 spiro atoms. The van der Waals surface area contributed by atoms with Crippen molar-refractivity contribution in [1.29, 1.82) is 0 Å². The van der Waals surface area contributed by atoms with Crippen LogP contribution in [0.4, 0.5) is 0 Å². The molecular weight excluding hydrogens is 184 g/mol. The molecule has 3 aliphatic carbocycles. The smallest absolute Gasteiger partial charge is 0.0995 e. The van der Waals surface area contributed by atoms with Crippen LogP contribution < -0.4 is 5.73 Å². The van der Waals surface area contributed by atoms with E-state index < -0.39 is 0 Å². The van der Waals surface area contributed by atoms with Crippen LogP contribution in [0.3, 0.4) is 0 Å². The molecule has 3 saturated carbocycles. The zero-order valence-corrected chi connectivity index (χ0v) is 10.0. The van der Waals surface area contributed by atoms with Crippen LogP contribution in [0.5, 0.6) is 0 Å². The molecule has 3 rings (SSSR count). The second-order valence-corrected chi connectivity index (χ2v) is 6.74. The maximum atomic E-state index is 6.06. The first-order chi connectivity index (χ1) is 6.98. The molecule has 0 aliphatic heterocycles. The van der Waals surface area contributed by atoms with Gasteiger partial charge in [-0.05, 0) is 42.9 Å². The summed E-state index contributed by atoms with van der Waals surface area (Å²) in [6.45, 7) is 6.45. The summed E-state index contributed by atoms with van der Waals surface area (Å²) in [6.07, 6.45) is 4.43. The number of amidine groups is 1. The van der Waals surface area contributed by atoms with E-state index in [9.17, 15) is 0 Å². The van der Waals surface area contributed by atoms with Gasteiger partial charge in [0.2, 0.25) is 0 Å². The summed E-state index contributed by atoms with van der Waals surface area (Å²) in [5.41, 5.74) is 6.11. The van der Waals surface area contributed by atoms with Crippen LogP contribution in [0.25, 0.3) is 0 Å². The predicted octanol–water partition coefficient (Wildman–Crippen LogP) is 2.43. The topological polar surface area (TPSA) is 38.4 Å². The van der Waals surface area contributed by atoms with Crippen LogP contribution in [0.1, 0.15) is 40.0 Å². The van der Waals surface area contributed by atoms with Crippen molar-refractivity contribution in [2.45, 2.75) is 46.1 Å². The first kappa shape index (κ1) is 9.68. The summed E-state index contributed by atoms with van der Waals surface area (Å²) in [5, 5.41) is 0. The molecular formula is C13H22N2. The Kier molecular flexibility index (Phi) is 1.79. The molecule has 15 heavy (non-hydrogen) atoms. The zero-order chi connectivity index (χ0) is 10.8. The third-order valence-corrected chi connectivity index (χ3v) is 4.75. The summed E-state index contributed by atoms with van der Waals surface area (Å²) >= 11 is 0. The minimum absolute atomic E-state index is 0.0515. The van der Waals surface area contributed by atoms with E-state index in [2.05, 4.69) is 20.8 Å². The van der Waals surface area contributed by atoms with Gasteiger partial charge in [0.15, 0.2) is 0 Å². The van der Waals surface area contributed by atoms with Gasteiger partial charge >= 0.3 is 0 Å². The quantitative estimate of drug-likeness (QED) is 0.519. The Morgan fingerprint density at radius 3 is 2.13 bits per heavy atom. The summed E-state index contributed by atoms with van der Waals surface area (Å²) in [6, 6.07) is 0.607. The van der Waals surface area contributed by atoms with Crippen molar-refractivity contribution in [3.8, 4) is 0 Å². The van der Waals surface area contributed by atoms with Crippen molar-refractivity contribution < 1.29 is 0 Å². The van der Waals surface area contributed by atoms with Gasteiger partial charge < -0.3 is 5.73 Å². The maximum Gasteiger partial charge on any atom is 0.0995 e. The highest BCUT2D eigenvalue weighted by molar-refractivity contribution is 5.85. The molecule has 0 amide bonds. The van der Waals surface area contributed by atoms with Gasteiger partial charge in [-0.2, -0.15) is 0 Å². The molecule has 4 atom stereocenters. The maximum absolute atomic E-state index is 6.06. The lowest BCUT2D eigenvalue weighted by Crippen LogP contribution is -2.29. The molecule has 0 radical (unpaired) electrons. The number of aliphatic imine (C=N–C) groups is 1. The highest BCUT2D eigenvalue weighted by atomic mass is 15.0. The first-order valence-corrected chi connectivity index (χ1v) is 6.32. The average Bonchev–Trinajstić information content (AvgIpc) is 2.57. The highest BCUT2D eigenvalue weighted by Gasteiger charge is 2.65. The lowest BCUT2D eigenvalue weighted by molar-refractivity contribution is 0.456. The minimum atomic E-state index is 0.0515. The van der Waals surface area contributed by atoms with E-state index in [1.165, 1.54) is 19.3 Å². The van der Waals surface area contributed by atoms with Gasteiger partial charge in [0.25, 0.3) is 0 Å². The van der Waals surface area contributed by atoms with Gasteiger partial charge in [-0.25, -0.2) is 0 Å². The van der Waals surface area contributed by atoms with Crippen LogP contribution in [-0.4, -0.2) is 11.9 Å². The van der Waals surface area contributed by atoms with Crippen LogP contribution in [-0.2, 0) is 0 Å². The monoisotopic (exact) mass is 206 g/mol. The fourth-order valence-corrected chi connectivity index (χ4v) is 3.81. The molecule has 84 valence electrons. The third kappa shape index (κ3) is 1.33. The number of hydrogen-bond donors (Lipinski definition) is 1. The van der Waals surface area contributed by atoms with Gasteiger partial charge in [-0.15, -0.1) is 0 Å². The molecule has 2 bridgehead atoms. The van der Waals surface area contributed by atoms with Crippen LogP contribution in [0.15, 0.2) is 4.99 Å². The van der Waals surface area contributed by atoms with Gasteiger partial charge in [0.1, 0.15) is 0 Å². The molecule has 2 heteroatoms. The molecule has 0 aromatic heterocycles. The van der Waals surface area contributed by atoms with E-state index in [0.717, 1.165) is 29.5 Å². The summed E-state index contributed by atoms with van der Waals surface area (Å²) < 4.78 is 0. The third-order valence-electron chi connectivity index (χ3n) is 4.75. The largest absolute Gasteiger partial charge is 0.387 e. The van der Waals surface area contributed by atoms with E-state index in [-0.39, 0.29) is 5.41 Å². The number of hydrogen-bond acceptors (Lipinski definition) is 1. The van der Waals surface area contributed by atoms with Crippen LogP contribution in [0.2, 0.25) is 0 Å². The molecule has 0 aromatic rings. The SMILES string of the molecule is CC(C)(C)C(N)=NC1C2C3CCC(C3)C12. The fourth-order valence-electron chi connectivity index (χ4n) is 3.81. The minimum Gasteiger partial charge on any atom is -0.387 e. The molecule has 2 nitrogen and oxygen atoms in total. The Morgan fingerprint density at radius 1 is 1.13 bits per heavy atom. The van der Waals surface area contributed by atoms with E-state index >= 15 is 0 Å². The Labute approximate surface area is 92.3 Å². The van der Waals surface area contributed by atoms with Gasteiger partial charge in [0, 0.05) is 5.41 Å². The number of nitrogens with zero attached hydrogens (tertiary/aromatic N) is 1. The van der Waals surface area contributed by atoms with E-state index in [1.54, 1.807) is 0 Å². The van der Waals surface area contributed by atoms with Crippen molar-refractivity contribution >= 4 is 5.84 Å². The van der Waals surface area contributed by atoms with Crippen molar-refractivity contribution in [3.63, 3.8) is 0 Å². The zero-order valence-electron chi connectivity index (χ0n) is 10.0. The van der Waals surface area contributed by atoms with E-state index in [0.29, 0.717) is 6.04 Å². The molecule has 0 saturated heterocycles. The molecule has 0 heterocycles. The lowest BCUT2D eigenvalue weighted by atomic mass is 9.95. The predicted molar refractivity (Wildman–Crippen MR) is 62.7 cm³/mol. The second-order valence-electron chi connectivity index (χ2n) is 6.74. The Bertz CT molecular complexity index is 297. The summed E-state index contributed by atoms with van der Waals surface area (Å²) in [5.74, 6) is 4.71. The number of fused-ring (bicyclic) bond motifs is 5. The Balaban J connectivity index is 1.73. The van der Waals surface area contributed by atoms with E-state index in [1.807, 2.05) is 0 Å². The number of nitrogens with two attached hydrogens (primary N) is 1. The van der Waals surface area contributed by atoms with Gasteiger partial charge in [-0.3, -0.25) is 4.99 Å². The van der Waals surface area contributed by atoms with Crippen LogP contribution in [0, 0.1) is 29.1 Å². The molecule has 0 aromatic carbocycles. The van der Waals surface area contributed by atoms with Crippen molar-refractivity contribution in [1.82, 2.24) is 0 Å². The average molecular weight is 206 g/mol. The summed E-state index contributed by atoms with van der Waals surface area (Å²) in [4.78, 5) is 4.78. The Hall–Kier alpha value is -0.530. The lowest BCUT2D eigenvalue weighted by Gasteiger charge is -2.18. The second kappa shape index (κ2) is 2.78. The summed E-state index contributed by atoms with van der Waals surface area (Å²) in [7, 11) is 0. The van der Waals surface area contributed by atoms with Crippen LogP contribution >= 0.6 is 0 Å². The van der Waals surface area contributed by atoms with Gasteiger partial charge in [0.05, 0.1) is 11.9 Å². The molecule has 3 fully saturated rings. The van der Waals surface area contributed by atoms with E-state index in [4.69, 9.17) is 10.7 Å². The fraction of sp³-hybridized carbons (Fsp3) is 0.923. The molecule has 2 N–H and O–H groups in total. The van der Waals surface area contributed by atoms with Gasteiger partial charge in [-0.1, -0.05) is 20.8 Å². The molecule has 3 aliphatic rings. The molecule has 4 unspecified atom stereocenters. The highest BCUT2D eigenvalue weighted by Crippen LogP contribution is 2.66. The van der Waals surface area contributed by atoms with Crippen molar-refractivity contribution in [3.05, 3.63) is 0 Å². The Morgan fingerprint density at radius 2 is 1.67 bits per heavy atom. The van der Waals surface area contributed by atoms with Crippen molar-refractivity contribution in [2.24, 2.45) is 39.8 Å². The van der Waals surface area contributed by atoms with Crippen molar-refractivity contribution in [2.75, 3.05) is 0 Å².